The van der Waals surface area contributed by atoms with E-state index in [1.807, 2.05) is 0 Å². The highest BCUT2D eigenvalue weighted by atomic mass is 35.5. The fraction of sp³-hybridized carbons (Fsp3) is 0.222. The lowest BCUT2D eigenvalue weighted by atomic mass is 10.2. The minimum atomic E-state index is -0.274. The molecule has 6 heteroatoms. The van der Waals surface area contributed by atoms with Crippen LogP contribution >= 0.6 is 11.6 Å². The molecule has 0 fully saturated rings. The fourth-order valence-corrected chi connectivity index (χ4v) is 1.56. The number of aldehydes is 1. The van der Waals surface area contributed by atoms with Crippen LogP contribution in [-0.2, 0) is 11.3 Å². The third-order valence-electron chi connectivity index (χ3n) is 2.23. The highest BCUT2D eigenvalue weighted by Crippen LogP contribution is 2.17. The third-order valence-corrected chi connectivity index (χ3v) is 2.42. The number of anilines is 1. The van der Waals surface area contributed by atoms with Crippen LogP contribution in [0.3, 0.4) is 0 Å². The number of allylic oxidation sites excluding steroid dienone is 2. The lowest BCUT2D eigenvalue weighted by molar-refractivity contribution is -0.105. The van der Waals surface area contributed by atoms with Gasteiger partial charge in [-0.05, 0) is 6.92 Å². The Balaban J connectivity index is 2.57. The minimum Gasteiger partial charge on any atom is -0.329 e. The van der Waals surface area contributed by atoms with Gasteiger partial charge in [0.15, 0.2) is 0 Å². The van der Waals surface area contributed by atoms with E-state index in [0.717, 1.165) is 6.29 Å². The van der Waals surface area contributed by atoms with Gasteiger partial charge in [0.05, 0.1) is 6.54 Å². The number of fused-ring (bicyclic) bond motifs is 1. The van der Waals surface area contributed by atoms with E-state index in [-0.39, 0.29) is 17.3 Å². The van der Waals surface area contributed by atoms with Crippen molar-refractivity contribution >= 4 is 23.8 Å². The third kappa shape index (κ3) is 1.66. The number of carbonyl (C=O) groups is 1. The van der Waals surface area contributed by atoms with Crippen molar-refractivity contribution < 1.29 is 4.79 Å². The quantitative estimate of drug-likeness (QED) is 0.567. The second-order valence-electron chi connectivity index (χ2n) is 3.22. The average Bonchev–Trinajstić information content (AvgIpc) is 2.16. The first-order valence-corrected chi connectivity index (χ1v) is 4.69. The molecule has 0 unspecified atom stereocenters. The Morgan fingerprint density at radius 1 is 1.67 bits per heavy atom. The maximum absolute atomic E-state index is 11.5. The highest BCUT2D eigenvalue weighted by molar-refractivity contribution is 6.29. The molecule has 1 aromatic heterocycles. The van der Waals surface area contributed by atoms with Crippen LogP contribution in [0.1, 0.15) is 6.92 Å². The van der Waals surface area contributed by atoms with Gasteiger partial charge in [-0.2, -0.15) is 0 Å². The highest BCUT2D eigenvalue weighted by Gasteiger charge is 2.16. The molecule has 0 aliphatic carbocycles. The van der Waals surface area contributed by atoms with Crippen LogP contribution in [0.2, 0.25) is 5.15 Å². The van der Waals surface area contributed by atoms with E-state index >= 15 is 0 Å². The standard InChI is InChI=1S/C9H8ClN3O2/c1-5-6(4-14)3-13-8(15)2-7(10)12-9(13)11-5/h2,4H,3H2,1H3,(H,11,12). The Bertz CT molecular complexity index is 519. The molecule has 2 rings (SSSR count). The largest absolute Gasteiger partial charge is 0.329 e. The summed E-state index contributed by atoms with van der Waals surface area (Å²) in [7, 11) is 0. The molecular formula is C9H8ClN3O2. The van der Waals surface area contributed by atoms with Gasteiger partial charge in [0, 0.05) is 17.3 Å². The second kappa shape index (κ2) is 3.51. The Morgan fingerprint density at radius 2 is 2.40 bits per heavy atom. The number of hydrogen-bond acceptors (Lipinski definition) is 4. The second-order valence-corrected chi connectivity index (χ2v) is 3.61. The zero-order chi connectivity index (χ0) is 11.0. The number of aromatic nitrogens is 2. The maximum Gasteiger partial charge on any atom is 0.256 e. The first-order chi connectivity index (χ1) is 7.11. The lowest BCUT2D eigenvalue weighted by Crippen LogP contribution is -2.29. The van der Waals surface area contributed by atoms with E-state index in [9.17, 15) is 9.59 Å². The maximum atomic E-state index is 11.5. The van der Waals surface area contributed by atoms with Gasteiger partial charge >= 0.3 is 0 Å². The van der Waals surface area contributed by atoms with Gasteiger partial charge in [-0.15, -0.1) is 0 Å². The number of hydrogen-bond donors (Lipinski definition) is 1. The molecule has 5 nitrogen and oxygen atoms in total. The molecule has 78 valence electrons. The monoisotopic (exact) mass is 225 g/mol. The first kappa shape index (κ1) is 9.92. The molecule has 1 aliphatic heterocycles. The Hall–Kier alpha value is -1.62. The van der Waals surface area contributed by atoms with E-state index in [2.05, 4.69) is 10.3 Å². The van der Waals surface area contributed by atoms with Gasteiger partial charge in [-0.25, -0.2) is 4.98 Å². The van der Waals surface area contributed by atoms with Crippen molar-refractivity contribution in [3.63, 3.8) is 0 Å². The van der Waals surface area contributed by atoms with E-state index in [1.54, 1.807) is 6.92 Å². The van der Waals surface area contributed by atoms with Gasteiger partial charge in [-0.1, -0.05) is 11.6 Å². The zero-order valence-electron chi connectivity index (χ0n) is 7.95. The van der Waals surface area contributed by atoms with Crippen molar-refractivity contribution in [2.45, 2.75) is 13.5 Å². The SMILES string of the molecule is CC1=C(C=O)Cn2c(nc(Cl)cc2=O)N1. The summed E-state index contributed by atoms with van der Waals surface area (Å²) in [5.74, 6) is 0.371. The Labute approximate surface area is 90.4 Å². The molecule has 0 atom stereocenters. The molecule has 0 amide bonds. The van der Waals surface area contributed by atoms with Crippen molar-refractivity contribution in [3.8, 4) is 0 Å². The number of halogens is 1. The summed E-state index contributed by atoms with van der Waals surface area (Å²) in [6.07, 6.45) is 0.728. The summed E-state index contributed by atoms with van der Waals surface area (Å²) in [5, 5.41) is 3.00. The molecule has 1 N–H and O–H groups in total. The molecule has 0 radical (unpaired) electrons. The van der Waals surface area contributed by atoms with Gasteiger partial charge in [0.2, 0.25) is 5.95 Å². The van der Waals surface area contributed by atoms with Crippen molar-refractivity contribution in [1.29, 1.82) is 0 Å². The van der Waals surface area contributed by atoms with Crippen LogP contribution < -0.4 is 10.9 Å². The number of nitrogens with one attached hydrogen (secondary N) is 1. The van der Waals surface area contributed by atoms with Crippen molar-refractivity contribution in [3.05, 3.63) is 32.8 Å². The van der Waals surface area contributed by atoms with Crippen molar-refractivity contribution in [2.75, 3.05) is 5.32 Å². The van der Waals surface area contributed by atoms with E-state index in [0.29, 0.717) is 17.2 Å². The summed E-state index contributed by atoms with van der Waals surface area (Å²) in [6.45, 7) is 1.99. The number of rotatable bonds is 1. The summed E-state index contributed by atoms with van der Waals surface area (Å²) in [4.78, 5) is 26.2. The van der Waals surface area contributed by atoms with Crippen molar-refractivity contribution in [1.82, 2.24) is 9.55 Å². The number of nitrogens with zero attached hydrogens (tertiary/aromatic N) is 2. The molecule has 0 aromatic carbocycles. The molecule has 15 heavy (non-hydrogen) atoms. The summed E-state index contributed by atoms with van der Waals surface area (Å²) >= 11 is 5.65. The first-order valence-electron chi connectivity index (χ1n) is 4.31. The van der Waals surface area contributed by atoms with E-state index in [1.165, 1.54) is 10.6 Å². The van der Waals surface area contributed by atoms with Crippen LogP contribution in [0, 0.1) is 0 Å². The van der Waals surface area contributed by atoms with Gasteiger partial charge in [-0.3, -0.25) is 14.2 Å². The molecule has 0 spiro atoms. The van der Waals surface area contributed by atoms with Gasteiger partial charge in [0.25, 0.3) is 5.56 Å². The summed E-state index contributed by atoms with van der Waals surface area (Å²) in [5.41, 5.74) is 0.956. The predicted octanol–water partition coefficient (Wildman–Crippen LogP) is 0.795. The van der Waals surface area contributed by atoms with Gasteiger partial charge in [0.1, 0.15) is 11.4 Å². The van der Waals surface area contributed by atoms with Crippen LogP contribution in [-0.4, -0.2) is 15.8 Å². The van der Waals surface area contributed by atoms with E-state index < -0.39 is 0 Å². The fourth-order valence-electron chi connectivity index (χ4n) is 1.39. The van der Waals surface area contributed by atoms with Gasteiger partial charge < -0.3 is 5.32 Å². The van der Waals surface area contributed by atoms with Crippen LogP contribution in [0.25, 0.3) is 0 Å². The molecule has 0 bridgehead atoms. The predicted molar refractivity (Wildman–Crippen MR) is 55.9 cm³/mol. The normalized spacial score (nSPS) is 14.5. The molecular weight excluding hydrogens is 218 g/mol. The summed E-state index contributed by atoms with van der Waals surface area (Å²) in [6, 6.07) is 1.22. The Kier molecular flexibility index (Phi) is 2.32. The lowest BCUT2D eigenvalue weighted by Gasteiger charge is -2.20. The van der Waals surface area contributed by atoms with Crippen molar-refractivity contribution in [2.24, 2.45) is 0 Å². The van der Waals surface area contributed by atoms with E-state index in [4.69, 9.17) is 11.6 Å². The zero-order valence-corrected chi connectivity index (χ0v) is 8.71. The minimum absolute atomic E-state index is 0.140. The smallest absolute Gasteiger partial charge is 0.256 e. The average molecular weight is 226 g/mol. The molecule has 0 saturated carbocycles. The molecule has 2 heterocycles. The van der Waals surface area contributed by atoms with Crippen LogP contribution in [0.4, 0.5) is 5.95 Å². The molecule has 1 aliphatic rings. The topological polar surface area (TPSA) is 64.0 Å². The Morgan fingerprint density at radius 3 is 3.07 bits per heavy atom. The molecule has 0 saturated heterocycles. The van der Waals surface area contributed by atoms with Crippen LogP contribution in [0.5, 0.6) is 0 Å². The molecule has 1 aromatic rings. The summed E-state index contributed by atoms with van der Waals surface area (Å²) < 4.78 is 1.36. The number of carbonyl (C=O) groups excluding carboxylic acids is 1. The van der Waals surface area contributed by atoms with Crippen LogP contribution in [0.15, 0.2) is 22.1 Å².